The van der Waals surface area contributed by atoms with Crippen LogP contribution in [0, 0.1) is 0 Å². The molecule has 0 heterocycles. The van der Waals surface area contributed by atoms with E-state index in [1.165, 1.54) is 27.4 Å². The minimum atomic E-state index is -2.69. The van der Waals surface area contributed by atoms with Gasteiger partial charge in [0, 0.05) is 40.5 Å². The third kappa shape index (κ3) is 10.1. The number of carbonyl (C=O) groups excluding carboxylic acids is 3. The molecule has 0 aromatic heterocycles. The lowest BCUT2D eigenvalue weighted by Crippen LogP contribution is -2.44. The normalized spacial score (nSPS) is 10.8. The Kier molecular flexibility index (Phi) is 13.8. The van der Waals surface area contributed by atoms with Gasteiger partial charge in [-0.25, -0.2) is 14.6 Å². The summed E-state index contributed by atoms with van der Waals surface area (Å²) in [7, 11) is 1.88. The molecule has 0 rings (SSSR count). The third-order valence-electron chi connectivity index (χ3n) is 3.74. The van der Waals surface area contributed by atoms with Gasteiger partial charge >= 0.3 is 14.8 Å². The van der Waals surface area contributed by atoms with Crippen LogP contribution in [0.1, 0.15) is 32.1 Å². The van der Waals surface area contributed by atoms with Crippen LogP contribution in [0.4, 0.5) is 4.79 Å². The fourth-order valence-electron chi connectivity index (χ4n) is 2.24. The Hall–Kier alpha value is -1.58. The predicted octanol–water partition coefficient (Wildman–Crippen LogP) is 1.32. The number of carbonyl (C=O) groups is 2. The van der Waals surface area contributed by atoms with E-state index in [9.17, 15) is 14.4 Å². The van der Waals surface area contributed by atoms with Gasteiger partial charge in [-0.1, -0.05) is 12.8 Å². The van der Waals surface area contributed by atoms with E-state index in [0.717, 1.165) is 30.6 Å². The van der Waals surface area contributed by atoms with Crippen molar-refractivity contribution in [3.63, 3.8) is 0 Å². The van der Waals surface area contributed by atoms with Crippen LogP contribution >= 0.6 is 0 Å². The molecule has 0 aromatic rings. The fraction of sp³-hybridized carbons (Fsp3) is 0.800. The van der Waals surface area contributed by atoms with Gasteiger partial charge in [-0.2, -0.15) is 0 Å². The summed E-state index contributed by atoms with van der Waals surface area (Å²) in [5, 5.41) is 2.71. The van der Waals surface area contributed by atoms with Crippen LogP contribution in [-0.4, -0.2) is 73.2 Å². The number of nitrogens with one attached hydrogen (secondary N) is 1. The van der Waals surface area contributed by atoms with Crippen LogP contribution in [0.25, 0.3) is 0 Å². The van der Waals surface area contributed by atoms with Crippen LogP contribution in [0.5, 0.6) is 0 Å². The number of isocyanates is 1. The molecule has 0 radical (unpaired) electrons. The summed E-state index contributed by atoms with van der Waals surface area (Å²) in [4.78, 5) is 37.5. The Labute approximate surface area is 150 Å². The van der Waals surface area contributed by atoms with E-state index < -0.39 is 14.8 Å². The Bertz CT molecular complexity index is 419. The van der Waals surface area contributed by atoms with Gasteiger partial charge in [-0.3, -0.25) is 9.69 Å². The SMILES string of the molecule is CO[Si](CCCN(C=O)C(=O)NCCCCCCN=C=O)(OC)OC. The number of nitrogens with zero attached hydrogens (tertiary/aromatic N) is 2. The van der Waals surface area contributed by atoms with Crippen LogP contribution < -0.4 is 5.32 Å². The van der Waals surface area contributed by atoms with Gasteiger partial charge in [-0.05, 0) is 19.3 Å². The molecular weight excluding hydrogens is 346 g/mol. The van der Waals surface area contributed by atoms with Crippen LogP contribution in [0.15, 0.2) is 4.99 Å². The average molecular weight is 375 g/mol. The average Bonchev–Trinajstić information content (AvgIpc) is 2.64. The minimum Gasteiger partial charge on any atom is -0.377 e. The van der Waals surface area contributed by atoms with Crippen molar-refractivity contribution in [2.45, 2.75) is 38.1 Å². The minimum absolute atomic E-state index is 0.268. The molecule has 3 amide bonds. The molecule has 0 bridgehead atoms. The van der Waals surface area contributed by atoms with E-state index in [1.807, 2.05) is 0 Å². The molecule has 10 heteroatoms. The van der Waals surface area contributed by atoms with Gasteiger partial charge in [0.2, 0.25) is 12.5 Å². The zero-order valence-corrected chi connectivity index (χ0v) is 16.3. The van der Waals surface area contributed by atoms with E-state index in [4.69, 9.17) is 13.3 Å². The number of imide groups is 1. The largest absolute Gasteiger partial charge is 0.500 e. The second kappa shape index (κ2) is 14.7. The first-order chi connectivity index (χ1) is 12.1. The molecule has 0 saturated heterocycles. The van der Waals surface area contributed by atoms with E-state index in [1.54, 1.807) is 0 Å². The topological polar surface area (TPSA) is 107 Å². The van der Waals surface area contributed by atoms with Gasteiger partial charge in [0.15, 0.2) is 0 Å². The number of unbranched alkanes of at least 4 members (excludes halogenated alkanes) is 3. The van der Waals surface area contributed by atoms with Crippen molar-refractivity contribution in [1.82, 2.24) is 10.2 Å². The Morgan fingerprint density at radius 2 is 1.76 bits per heavy atom. The summed E-state index contributed by atoms with van der Waals surface area (Å²) in [6.45, 7) is 1.25. The molecule has 0 aromatic carbocycles. The molecule has 144 valence electrons. The summed E-state index contributed by atoms with van der Waals surface area (Å²) in [6, 6.07) is 0.0947. The zero-order valence-electron chi connectivity index (χ0n) is 15.3. The highest BCUT2D eigenvalue weighted by atomic mass is 28.4. The summed E-state index contributed by atoms with van der Waals surface area (Å²) >= 11 is 0. The molecule has 0 aliphatic heterocycles. The predicted molar refractivity (Wildman–Crippen MR) is 93.8 cm³/mol. The van der Waals surface area contributed by atoms with Gasteiger partial charge in [0.1, 0.15) is 0 Å². The number of aliphatic imine (C=N–C) groups is 1. The lowest BCUT2D eigenvalue weighted by molar-refractivity contribution is -0.115. The van der Waals surface area contributed by atoms with Gasteiger partial charge in [0.05, 0.1) is 6.54 Å². The van der Waals surface area contributed by atoms with E-state index >= 15 is 0 Å². The smallest absolute Gasteiger partial charge is 0.377 e. The maximum absolute atomic E-state index is 12.0. The number of urea groups is 1. The lowest BCUT2D eigenvalue weighted by atomic mass is 10.2. The molecule has 0 fully saturated rings. The van der Waals surface area contributed by atoms with Gasteiger partial charge < -0.3 is 18.6 Å². The quantitative estimate of drug-likeness (QED) is 0.152. The highest BCUT2D eigenvalue weighted by molar-refractivity contribution is 6.60. The van der Waals surface area contributed by atoms with Crippen molar-refractivity contribution in [1.29, 1.82) is 0 Å². The summed E-state index contributed by atoms with van der Waals surface area (Å²) in [5.41, 5.74) is 0. The monoisotopic (exact) mass is 375 g/mol. The van der Waals surface area contributed by atoms with E-state index in [2.05, 4.69) is 10.3 Å². The van der Waals surface area contributed by atoms with E-state index in [-0.39, 0.29) is 6.54 Å². The molecule has 25 heavy (non-hydrogen) atoms. The molecule has 0 aliphatic carbocycles. The number of hydrogen-bond donors (Lipinski definition) is 1. The second-order valence-corrected chi connectivity index (χ2v) is 8.41. The Balaban J connectivity index is 3.98. The molecule has 1 N–H and O–H groups in total. The third-order valence-corrected chi connectivity index (χ3v) is 6.57. The first-order valence-electron chi connectivity index (χ1n) is 8.28. The van der Waals surface area contributed by atoms with Crippen molar-refractivity contribution in [3.05, 3.63) is 0 Å². The van der Waals surface area contributed by atoms with Crippen molar-refractivity contribution in [2.75, 3.05) is 41.0 Å². The first-order valence-corrected chi connectivity index (χ1v) is 10.2. The van der Waals surface area contributed by atoms with Crippen molar-refractivity contribution >= 4 is 27.3 Å². The summed E-state index contributed by atoms with van der Waals surface area (Å²) < 4.78 is 15.9. The lowest BCUT2D eigenvalue weighted by Gasteiger charge is -2.25. The molecule has 0 aliphatic rings. The number of hydrogen-bond acceptors (Lipinski definition) is 7. The molecule has 0 unspecified atom stereocenters. The Morgan fingerprint density at radius 3 is 2.32 bits per heavy atom. The number of amides is 3. The second-order valence-electron chi connectivity index (χ2n) is 5.32. The molecule has 0 atom stereocenters. The van der Waals surface area contributed by atoms with Gasteiger partial charge in [0.25, 0.3) is 0 Å². The van der Waals surface area contributed by atoms with Gasteiger partial charge in [-0.15, -0.1) is 0 Å². The van der Waals surface area contributed by atoms with Crippen molar-refractivity contribution < 1.29 is 27.7 Å². The highest BCUT2D eigenvalue weighted by Crippen LogP contribution is 2.15. The highest BCUT2D eigenvalue weighted by Gasteiger charge is 2.37. The first kappa shape index (κ1) is 23.4. The van der Waals surface area contributed by atoms with Crippen LogP contribution in [-0.2, 0) is 22.9 Å². The molecule has 9 nitrogen and oxygen atoms in total. The summed E-state index contributed by atoms with van der Waals surface area (Å²) in [5.74, 6) is 0. The number of rotatable bonds is 15. The summed E-state index contributed by atoms with van der Waals surface area (Å²) in [6.07, 6.45) is 6.02. The Morgan fingerprint density at radius 1 is 1.12 bits per heavy atom. The maximum Gasteiger partial charge on any atom is 0.500 e. The van der Waals surface area contributed by atoms with Crippen molar-refractivity contribution in [2.24, 2.45) is 4.99 Å². The fourth-order valence-corrected chi connectivity index (χ4v) is 3.94. The molecule has 0 spiro atoms. The van der Waals surface area contributed by atoms with Crippen LogP contribution in [0.3, 0.4) is 0 Å². The maximum atomic E-state index is 12.0. The standard InChI is InChI=1S/C15H29N3O6Si/c1-22-25(23-2,24-3)12-8-11-18(14-20)15(21)17-10-7-5-4-6-9-16-13-19/h14H,4-12H2,1-3H3,(H,17,21). The van der Waals surface area contributed by atoms with Crippen LogP contribution in [0.2, 0.25) is 6.04 Å². The zero-order chi connectivity index (χ0) is 19.0. The molecule has 0 saturated carbocycles. The van der Waals surface area contributed by atoms with Crippen molar-refractivity contribution in [3.8, 4) is 0 Å². The molecular formula is C15H29N3O6Si. The van der Waals surface area contributed by atoms with E-state index in [0.29, 0.717) is 32.0 Å².